The summed E-state index contributed by atoms with van der Waals surface area (Å²) < 4.78 is 4.00. The van der Waals surface area contributed by atoms with Crippen molar-refractivity contribution in [3.63, 3.8) is 0 Å². The van der Waals surface area contributed by atoms with E-state index in [-0.39, 0.29) is 11.8 Å². The Morgan fingerprint density at radius 2 is 1.79 bits per heavy atom. The fourth-order valence-corrected chi connectivity index (χ4v) is 6.37. The summed E-state index contributed by atoms with van der Waals surface area (Å²) in [5.74, 6) is 0.286. The third-order valence-electron chi connectivity index (χ3n) is 8.09. The van der Waals surface area contributed by atoms with Crippen LogP contribution in [0.15, 0.2) is 49.1 Å². The van der Waals surface area contributed by atoms with E-state index < -0.39 is 5.60 Å². The topological polar surface area (TPSA) is 72.0 Å². The Morgan fingerprint density at radius 1 is 1.00 bits per heavy atom. The maximum Gasteiger partial charge on any atom is 0.103 e. The normalized spacial score (nSPS) is 26.5. The number of aliphatic hydroxyl groups is 1. The minimum atomic E-state index is -0.826. The molecule has 7 nitrogen and oxygen atoms in total. The Kier molecular flexibility index (Phi) is 4.39. The van der Waals surface area contributed by atoms with E-state index >= 15 is 0 Å². The molecule has 4 heterocycles. The lowest BCUT2D eigenvalue weighted by Gasteiger charge is -2.45. The van der Waals surface area contributed by atoms with Gasteiger partial charge in [-0.05, 0) is 50.8 Å². The second-order valence-electron chi connectivity index (χ2n) is 10.2. The van der Waals surface area contributed by atoms with Crippen LogP contribution in [0.4, 0.5) is 5.69 Å². The predicted octanol–water partition coefficient (Wildman–Crippen LogP) is 4.65. The van der Waals surface area contributed by atoms with Crippen molar-refractivity contribution < 1.29 is 5.11 Å². The fraction of sp³-hybridized carbons (Fsp3) is 0.423. The van der Waals surface area contributed by atoms with Gasteiger partial charge in [0.05, 0.1) is 40.9 Å². The molecule has 4 aromatic rings. The minimum absolute atomic E-state index is 0.143. The van der Waals surface area contributed by atoms with Gasteiger partial charge in [-0.2, -0.15) is 10.2 Å². The molecule has 34 heavy (non-hydrogen) atoms. The van der Waals surface area contributed by atoms with E-state index in [0.717, 1.165) is 64.5 Å². The van der Waals surface area contributed by atoms with Crippen molar-refractivity contribution >= 4 is 28.2 Å². The summed E-state index contributed by atoms with van der Waals surface area (Å²) in [7, 11) is 0. The van der Waals surface area contributed by atoms with Gasteiger partial charge in [-0.3, -0.25) is 9.67 Å². The van der Waals surface area contributed by atoms with E-state index in [1.807, 2.05) is 53.1 Å². The van der Waals surface area contributed by atoms with E-state index in [1.54, 1.807) is 0 Å². The SMILES string of the molecule is Cc1ccc(C2(O)[C@@H]3CC[C@H]2CN(c2cc4c(cnn4-c4cnn(C5CC5)c4)cc2Cl)C3)cn1. The molecule has 174 valence electrons. The van der Waals surface area contributed by atoms with Gasteiger partial charge in [0.25, 0.3) is 0 Å². The quantitative estimate of drug-likeness (QED) is 0.466. The average molecular weight is 475 g/mol. The Hall–Kier alpha value is -2.90. The predicted molar refractivity (Wildman–Crippen MR) is 131 cm³/mol. The molecule has 2 saturated carbocycles. The average Bonchev–Trinajstić information content (AvgIpc) is 3.40. The van der Waals surface area contributed by atoms with Crippen molar-refractivity contribution in [1.82, 2.24) is 24.5 Å². The summed E-state index contributed by atoms with van der Waals surface area (Å²) >= 11 is 6.80. The zero-order chi connectivity index (χ0) is 23.0. The Bertz CT molecular complexity index is 1370. The summed E-state index contributed by atoms with van der Waals surface area (Å²) in [5, 5.41) is 22.7. The summed E-state index contributed by atoms with van der Waals surface area (Å²) in [4.78, 5) is 6.81. The van der Waals surface area contributed by atoms with Crippen LogP contribution in [0.3, 0.4) is 0 Å². The molecule has 0 spiro atoms. The Labute approximate surface area is 203 Å². The smallest absolute Gasteiger partial charge is 0.103 e. The fourth-order valence-electron chi connectivity index (χ4n) is 6.08. The number of rotatable bonds is 4. The van der Waals surface area contributed by atoms with Crippen molar-refractivity contribution in [2.75, 3.05) is 18.0 Å². The van der Waals surface area contributed by atoms with Gasteiger partial charge in [0, 0.05) is 47.8 Å². The molecule has 3 aromatic heterocycles. The largest absolute Gasteiger partial charge is 0.384 e. The maximum atomic E-state index is 11.8. The van der Waals surface area contributed by atoms with Gasteiger partial charge in [-0.15, -0.1) is 0 Å². The number of benzene rings is 1. The number of piperidine rings is 1. The number of hydrogen-bond acceptors (Lipinski definition) is 5. The molecule has 1 unspecified atom stereocenters. The number of halogens is 1. The maximum absolute atomic E-state index is 11.8. The first-order valence-corrected chi connectivity index (χ1v) is 12.5. The van der Waals surface area contributed by atoms with Crippen LogP contribution in [0.2, 0.25) is 5.02 Å². The number of hydrogen-bond donors (Lipinski definition) is 1. The van der Waals surface area contributed by atoms with Crippen LogP contribution in [0, 0.1) is 18.8 Å². The summed E-state index contributed by atoms with van der Waals surface area (Å²) in [6.45, 7) is 3.50. The molecule has 3 aliphatic rings. The van der Waals surface area contributed by atoms with Crippen LogP contribution in [0.25, 0.3) is 16.6 Å². The van der Waals surface area contributed by atoms with Gasteiger partial charge < -0.3 is 10.0 Å². The summed E-state index contributed by atoms with van der Waals surface area (Å²) in [6, 6.07) is 8.73. The molecular weight excluding hydrogens is 448 g/mol. The molecule has 1 saturated heterocycles. The zero-order valence-electron chi connectivity index (χ0n) is 19.1. The van der Waals surface area contributed by atoms with Crippen molar-refractivity contribution in [3.05, 3.63) is 65.3 Å². The van der Waals surface area contributed by atoms with E-state index in [9.17, 15) is 5.11 Å². The number of aryl methyl sites for hydroxylation is 1. The lowest BCUT2D eigenvalue weighted by molar-refractivity contribution is -0.0511. The summed E-state index contributed by atoms with van der Waals surface area (Å²) in [5.41, 5.74) is 4.08. The number of nitrogens with zero attached hydrogens (tertiary/aromatic N) is 6. The van der Waals surface area contributed by atoms with Gasteiger partial charge in [-0.25, -0.2) is 4.68 Å². The molecule has 1 N–H and O–H groups in total. The lowest BCUT2D eigenvalue weighted by atomic mass is 9.75. The molecule has 2 bridgehead atoms. The number of anilines is 1. The first kappa shape index (κ1) is 20.5. The first-order valence-electron chi connectivity index (χ1n) is 12.1. The van der Waals surface area contributed by atoms with Gasteiger partial charge >= 0.3 is 0 Å². The summed E-state index contributed by atoms with van der Waals surface area (Å²) in [6.07, 6.45) is 12.1. The molecule has 3 atom stereocenters. The highest BCUT2D eigenvalue weighted by atomic mass is 35.5. The highest BCUT2D eigenvalue weighted by Crippen LogP contribution is 2.52. The van der Waals surface area contributed by atoms with Gasteiger partial charge in [0.2, 0.25) is 0 Å². The number of pyridine rings is 1. The number of aromatic nitrogens is 5. The Balaban J connectivity index is 1.23. The van der Waals surface area contributed by atoms with Crippen LogP contribution in [0.1, 0.15) is 43.0 Å². The van der Waals surface area contributed by atoms with Gasteiger partial charge in [-0.1, -0.05) is 17.7 Å². The van der Waals surface area contributed by atoms with Crippen LogP contribution in [0.5, 0.6) is 0 Å². The number of fused-ring (bicyclic) bond motifs is 3. The standard InChI is InChI=1S/C26H27ClN6O/c1-16-2-3-18(11-28-16)26(34)19-4-5-20(26)14-31(13-19)25-9-24-17(8-23(25)27)10-30-33(24)22-12-29-32(15-22)21-6-7-21/h2-3,8-12,15,19-21,34H,4-7,13-14H2,1H3/t19-,20+,26?. The molecule has 7 rings (SSSR count). The third-order valence-corrected chi connectivity index (χ3v) is 8.40. The van der Waals surface area contributed by atoms with E-state index in [0.29, 0.717) is 6.04 Å². The van der Waals surface area contributed by atoms with Crippen LogP contribution in [-0.2, 0) is 5.60 Å². The van der Waals surface area contributed by atoms with Crippen molar-refractivity contribution in [2.45, 2.75) is 44.2 Å². The highest BCUT2D eigenvalue weighted by molar-refractivity contribution is 6.34. The minimum Gasteiger partial charge on any atom is -0.384 e. The van der Waals surface area contributed by atoms with Crippen LogP contribution in [-0.4, -0.2) is 42.7 Å². The van der Waals surface area contributed by atoms with Gasteiger partial charge in [0.15, 0.2) is 0 Å². The molecule has 0 radical (unpaired) electrons. The van der Waals surface area contributed by atoms with Gasteiger partial charge in [0.1, 0.15) is 11.3 Å². The van der Waals surface area contributed by atoms with Crippen molar-refractivity contribution in [2.24, 2.45) is 11.8 Å². The molecule has 8 heteroatoms. The van der Waals surface area contributed by atoms with E-state index in [4.69, 9.17) is 11.6 Å². The monoisotopic (exact) mass is 474 g/mol. The Morgan fingerprint density at radius 3 is 2.50 bits per heavy atom. The zero-order valence-corrected chi connectivity index (χ0v) is 19.9. The second-order valence-corrected chi connectivity index (χ2v) is 10.6. The van der Waals surface area contributed by atoms with Crippen molar-refractivity contribution in [1.29, 1.82) is 0 Å². The molecule has 1 aliphatic heterocycles. The lowest BCUT2D eigenvalue weighted by Crippen LogP contribution is -2.52. The highest BCUT2D eigenvalue weighted by Gasteiger charge is 2.54. The molecular formula is C26H27ClN6O. The molecule has 3 fully saturated rings. The van der Waals surface area contributed by atoms with Crippen molar-refractivity contribution in [3.8, 4) is 5.69 Å². The van der Waals surface area contributed by atoms with Crippen LogP contribution < -0.4 is 4.90 Å². The first-order chi connectivity index (χ1) is 16.5. The molecule has 0 amide bonds. The molecule has 1 aromatic carbocycles. The molecule has 2 aliphatic carbocycles. The second kappa shape index (κ2) is 7.30. The third kappa shape index (κ3) is 3.03. The van der Waals surface area contributed by atoms with E-state index in [1.165, 1.54) is 12.8 Å². The van der Waals surface area contributed by atoms with E-state index in [2.05, 4.69) is 32.3 Å². The van der Waals surface area contributed by atoms with Crippen LogP contribution >= 0.6 is 11.6 Å².